The number of hydrogen-bond donors (Lipinski definition) is 1. The maximum atomic E-state index is 11.2. The number of pyridine rings is 1. The molecule has 0 aromatic carbocycles. The van der Waals surface area contributed by atoms with Gasteiger partial charge < -0.3 is 10.0 Å². The lowest BCUT2D eigenvalue weighted by atomic mass is 10.1. The number of aromatic nitrogens is 1. The van der Waals surface area contributed by atoms with E-state index < -0.39 is 5.97 Å². The maximum absolute atomic E-state index is 11.2. The van der Waals surface area contributed by atoms with Gasteiger partial charge in [0.15, 0.2) is 0 Å². The van der Waals surface area contributed by atoms with E-state index in [1.807, 2.05) is 6.07 Å². The van der Waals surface area contributed by atoms with E-state index in [2.05, 4.69) is 23.7 Å². The summed E-state index contributed by atoms with van der Waals surface area (Å²) in [6.07, 6.45) is 6.53. The number of carbonyl (C=O) groups is 1. The molecule has 0 atom stereocenters. The largest absolute Gasteiger partial charge is 0.478 e. The fourth-order valence-electron chi connectivity index (χ4n) is 2.09. The van der Waals surface area contributed by atoms with Crippen LogP contribution >= 0.6 is 0 Å². The minimum Gasteiger partial charge on any atom is -0.478 e. The first-order chi connectivity index (χ1) is 8.59. The molecule has 4 nitrogen and oxygen atoms in total. The molecule has 1 aliphatic rings. The predicted octanol–water partition coefficient (Wildman–Crippen LogP) is 2.79. The lowest BCUT2D eigenvalue weighted by molar-refractivity contribution is 0.0697. The lowest BCUT2D eigenvalue weighted by Gasteiger charge is -2.26. The van der Waals surface area contributed by atoms with Crippen LogP contribution in [0.25, 0.3) is 0 Å². The van der Waals surface area contributed by atoms with Crippen LogP contribution < -0.4 is 4.90 Å². The molecule has 0 unspecified atom stereocenters. The van der Waals surface area contributed by atoms with Gasteiger partial charge >= 0.3 is 5.97 Å². The zero-order valence-electron chi connectivity index (χ0n) is 11.0. The van der Waals surface area contributed by atoms with E-state index in [0.29, 0.717) is 17.5 Å². The molecule has 1 aromatic rings. The normalized spacial score (nSPS) is 14.8. The summed E-state index contributed by atoms with van der Waals surface area (Å²) in [5.41, 5.74) is 1.13. The highest BCUT2D eigenvalue weighted by Crippen LogP contribution is 2.33. The Bertz CT molecular complexity index is 428. The van der Waals surface area contributed by atoms with Crippen molar-refractivity contribution in [1.29, 1.82) is 0 Å². The van der Waals surface area contributed by atoms with Gasteiger partial charge in [-0.3, -0.25) is 4.98 Å². The Balaban J connectivity index is 2.22. The second-order valence-electron chi connectivity index (χ2n) is 5.31. The molecule has 0 saturated heterocycles. The van der Waals surface area contributed by atoms with Crippen molar-refractivity contribution in [3.05, 3.63) is 24.0 Å². The van der Waals surface area contributed by atoms with Crippen molar-refractivity contribution in [3.63, 3.8) is 0 Å². The molecule has 2 rings (SSSR count). The van der Waals surface area contributed by atoms with Crippen molar-refractivity contribution in [1.82, 2.24) is 4.98 Å². The van der Waals surface area contributed by atoms with E-state index in [-0.39, 0.29) is 0 Å². The summed E-state index contributed by atoms with van der Waals surface area (Å²) in [6, 6.07) is 2.34. The third kappa shape index (κ3) is 3.00. The molecular weight excluding hydrogens is 228 g/mol. The number of aromatic carboxylic acids is 1. The average molecular weight is 248 g/mol. The van der Waals surface area contributed by atoms with Crippen LogP contribution in [0.5, 0.6) is 0 Å². The SMILES string of the molecule is CC(C)CCN(c1ccncc1C(=O)O)C1CC1. The number of carboxylic acid groups (broad SMARTS) is 1. The topological polar surface area (TPSA) is 53.4 Å². The van der Waals surface area contributed by atoms with Crippen LogP contribution in [-0.4, -0.2) is 28.6 Å². The second kappa shape index (κ2) is 5.38. The minimum atomic E-state index is -0.895. The second-order valence-corrected chi connectivity index (χ2v) is 5.31. The van der Waals surface area contributed by atoms with Crippen molar-refractivity contribution in [2.75, 3.05) is 11.4 Å². The molecule has 1 aromatic heterocycles. The van der Waals surface area contributed by atoms with Gasteiger partial charge in [-0.1, -0.05) is 13.8 Å². The zero-order chi connectivity index (χ0) is 13.1. The molecule has 0 amide bonds. The van der Waals surface area contributed by atoms with Gasteiger partial charge in [0.1, 0.15) is 5.56 Å². The highest BCUT2D eigenvalue weighted by atomic mass is 16.4. The standard InChI is InChI=1S/C14H20N2O2/c1-10(2)6-8-16(11-3-4-11)13-5-7-15-9-12(13)14(17)18/h5,7,9-11H,3-4,6,8H2,1-2H3,(H,17,18). The van der Waals surface area contributed by atoms with E-state index in [1.165, 1.54) is 19.0 Å². The van der Waals surface area contributed by atoms with E-state index in [9.17, 15) is 9.90 Å². The van der Waals surface area contributed by atoms with Gasteiger partial charge in [0.05, 0.1) is 5.69 Å². The van der Waals surface area contributed by atoms with Crippen LogP contribution in [0, 0.1) is 5.92 Å². The molecule has 0 bridgehead atoms. The Labute approximate surface area is 108 Å². The number of rotatable bonds is 6. The van der Waals surface area contributed by atoms with E-state index >= 15 is 0 Å². The van der Waals surface area contributed by atoms with Gasteiger partial charge in [-0.25, -0.2) is 4.79 Å². The van der Waals surface area contributed by atoms with Crippen molar-refractivity contribution in [2.45, 2.75) is 39.2 Å². The van der Waals surface area contributed by atoms with Crippen molar-refractivity contribution in [2.24, 2.45) is 5.92 Å². The zero-order valence-corrected chi connectivity index (χ0v) is 11.0. The molecule has 0 radical (unpaired) electrons. The smallest absolute Gasteiger partial charge is 0.339 e. The molecule has 98 valence electrons. The number of nitrogens with zero attached hydrogens (tertiary/aromatic N) is 2. The molecule has 18 heavy (non-hydrogen) atoms. The maximum Gasteiger partial charge on any atom is 0.339 e. The first kappa shape index (κ1) is 12.9. The van der Waals surface area contributed by atoms with Gasteiger partial charge in [0.25, 0.3) is 0 Å². The number of carboxylic acids is 1. The number of hydrogen-bond acceptors (Lipinski definition) is 3. The van der Waals surface area contributed by atoms with Gasteiger partial charge in [-0.15, -0.1) is 0 Å². The summed E-state index contributed by atoms with van der Waals surface area (Å²) >= 11 is 0. The van der Waals surface area contributed by atoms with E-state index in [1.54, 1.807) is 6.20 Å². The van der Waals surface area contributed by atoms with E-state index in [4.69, 9.17) is 0 Å². The average Bonchev–Trinajstić information content (AvgIpc) is 3.14. The Morgan fingerprint density at radius 3 is 2.83 bits per heavy atom. The van der Waals surface area contributed by atoms with Gasteiger partial charge in [-0.05, 0) is 31.2 Å². The van der Waals surface area contributed by atoms with Crippen LogP contribution in [-0.2, 0) is 0 Å². The highest BCUT2D eigenvalue weighted by molar-refractivity contribution is 5.94. The van der Waals surface area contributed by atoms with Crippen molar-refractivity contribution in [3.8, 4) is 0 Å². The molecule has 1 aliphatic carbocycles. The van der Waals surface area contributed by atoms with Gasteiger partial charge in [0, 0.05) is 25.0 Å². The summed E-state index contributed by atoms with van der Waals surface area (Å²) < 4.78 is 0. The molecule has 0 aliphatic heterocycles. The van der Waals surface area contributed by atoms with Crippen molar-refractivity contribution >= 4 is 11.7 Å². The summed E-state index contributed by atoms with van der Waals surface area (Å²) in [5, 5.41) is 9.23. The third-order valence-electron chi connectivity index (χ3n) is 3.27. The van der Waals surface area contributed by atoms with Crippen LogP contribution in [0.1, 0.15) is 43.5 Å². The molecule has 1 fully saturated rings. The quantitative estimate of drug-likeness (QED) is 0.841. The molecule has 0 spiro atoms. The Morgan fingerprint density at radius 1 is 1.56 bits per heavy atom. The van der Waals surface area contributed by atoms with Crippen LogP contribution in [0.3, 0.4) is 0 Å². The summed E-state index contributed by atoms with van der Waals surface area (Å²) in [7, 11) is 0. The Hall–Kier alpha value is -1.58. The van der Waals surface area contributed by atoms with Crippen molar-refractivity contribution < 1.29 is 9.90 Å². The predicted molar refractivity (Wildman–Crippen MR) is 71.0 cm³/mol. The fourth-order valence-corrected chi connectivity index (χ4v) is 2.09. The monoisotopic (exact) mass is 248 g/mol. The molecular formula is C14H20N2O2. The third-order valence-corrected chi connectivity index (χ3v) is 3.27. The minimum absolute atomic E-state index is 0.313. The lowest BCUT2D eigenvalue weighted by Crippen LogP contribution is -2.29. The Morgan fingerprint density at radius 2 is 2.28 bits per heavy atom. The van der Waals surface area contributed by atoms with E-state index in [0.717, 1.165) is 18.7 Å². The first-order valence-corrected chi connectivity index (χ1v) is 6.53. The van der Waals surface area contributed by atoms with Crippen LogP contribution in [0.2, 0.25) is 0 Å². The van der Waals surface area contributed by atoms with Crippen LogP contribution in [0.15, 0.2) is 18.5 Å². The Kier molecular flexibility index (Phi) is 3.84. The summed E-state index contributed by atoms with van der Waals surface area (Å²) in [4.78, 5) is 17.4. The molecule has 1 heterocycles. The molecule has 1 N–H and O–H groups in total. The van der Waals surface area contributed by atoms with Gasteiger partial charge in [0.2, 0.25) is 0 Å². The number of anilines is 1. The highest BCUT2D eigenvalue weighted by Gasteiger charge is 2.31. The molecule has 4 heteroatoms. The van der Waals surface area contributed by atoms with Crippen LogP contribution in [0.4, 0.5) is 5.69 Å². The summed E-state index contributed by atoms with van der Waals surface area (Å²) in [6.45, 7) is 5.30. The first-order valence-electron chi connectivity index (χ1n) is 6.53. The molecule has 1 saturated carbocycles. The summed E-state index contributed by atoms with van der Waals surface area (Å²) in [5.74, 6) is -0.269. The van der Waals surface area contributed by atoms with Gasteiger partial charge in [-0.2, -0.15) is 0 Å². The fraction of sp³-hybridized carbons (Fsp3) is 0.571.